The van der Waals surface area contributed by atoms with Crippen molar-refractivity contribution in [3.63, 3.8) is 0 Å². The van der Waals surface area contributed by atoms with Gasteiger partial charge < -0.3 is 11.1 Å². The Hall–Kier alpha value is -1.39. The van der Waals surface area contributed by atoms with Gasteiger partial charge in [-0.2, -0.15) is 13.2 Å². The van der Waals surface area contributed by atoms with E-state index < -0.39 is 11.7 Å². The van der Waals surface area contributed by atoms with E-state index in [0.717, 1.165) is 18.4 Å². The van der Waals surface area contributed by atoms with Gasteiger partial charge in [0.15, 0.2) is 0 Å². The SMILES string of the molecule is CC1CCCC(CCNc2ccc(N)cc2C(F)(F)F)C1. The Labute approximate surface area is 123 Å². The maximum atomic E-state index is 13.0. The molecule has 0 aromatic heterocycles. The van der Waals surface area contributed by atoms with Crippen LogP contribution in [0, 0.1) is 11.8 Å². The number of hydrogen-bond donors (Lipinski definition) is 2. The molecule has 0 radical (unpaired) electrons. The molecule has 1 aromatic rings. The van der Waals surface area contributed by atoms with Gasteiger partial charge in [-0.15, -0.1) is 0 Å². The van der Waals surface area contributed by atoms with Crippen molar-refractivity contribution in [2.75, 3.05) is 17.6 Å². The summed E-state index contributed by atoms with van der Waals surface area (Å²) in [5.74, 6) is 1.37. The molecule has 2 atom stereocenters. The van der Waals surface area contributed by atoms with Crippen LogP contribution in [0.2, 0.25) is 0 Å². The number of anilines is 2. The lowest BCUT2D eigenvalue weighted by molar-refractivity contribution is -0.136. The number of rotatable bonds is 4. The Morgan fingerprint density at radius 3 is 2.71 bits per heavy atom. The average Bonchev–Trinajstić information content (AvgIpc) is 2.39. The van der Waals surface area contributed by atoms with Crippen molar-refractivity contribution in [1.29, 1.82) is 0 Å². The lowest BCUT2D eigenvalue weighted by Crippen LogP contribution is -2.18. The van der Waals surface area contributed by atoms with Crippen LogP contribution < -0.4 is 11.1 Å². The third-order valence-corrected chi connectivity index (χ3v) is 4.26. The number of nitrogens with one attached hydrogen (secondary N) is 1. The van der Waals surface area contributed by atoms with E-state index in [9.17, 15) is 13.2 Å². The van der Waals surface area contributed by atoms with Crippen LogP contribution >= 0.6 is 0 Å². The highest BCUT2D eigenvalue weighted by atomic mass is 19.4. The molecule has 2 unspecified atom stereocenters. The minimum Gasteiger partial charge on any atom is -0.399 e. The van der Waals surface area contributed by atoms with Gasteiger partial charge in [0.2, 0.25) is 0 Å². The smallest absolute Gasteiger partial charge is 0.399 e. The molecule has 3 N–H and O–H groups in total. The van der Waals surface area contributed by atoms with Crippen LogP contribution in [-0.4, -0.2) is 6.54 Å². The lowest BCUT2D eigenvalue weighted by Gasteiger charge is -2.27. The highest BCUT2D eigenvalue weighted by molar-refractivity contribution is 5.59. The molecular weight excluding hydrogens is 277 g/mol. The zero-order chi connectivity index (χ0) is 15.5. The van der Waals surface area contributed by atoms with Crippen molar-refractivity contribution in [2.24, 2.45) is 11.8 Å². The normalized spacial score (nSPS) is 23.0. The third-order valence-electron chi connectivity index (χ3n) is 4.26. The van der Waals surface area contributed by atoms with Crippen molar-refractivity contribution in [3.8, 4) is 0 Å². The van der Waals surface area contributed by atoms with Gasteiger partial charge in [-0.25, -0.2) is 0 Å². The van der Waals surface area contributed by atoms with E-state index in [0.29, 0.717) is 12.5 Å². The summed E-state index contributed by atoms with van der Waals surface area (Å²) in [5.41, 5.74) is 5.04. The van der Waals surface area contributed by atoms with E-state index in [1.807, 2.05) is 0 Å². The molecule has 1 aliphatic rings. The fourth-order valence-electron chi connectivity index (χ4n) is 3.18. The minimum absolute atomic E-state index is 0.126. The molecule has 0 aliphatic heterocycles. The molecule has 1 saturated carbocycles. The standard InChI is InChI=1S/C16H23F3N2/c1-11-3-2-4-12(9-11)7-8-21-15-6-5-13(20)10-14(15)16(17,18)19/h5-6,10-12,21H,2-4,7-9,20H2,1H3. The Balaban J connectivity index is 1.94. The number of nitrogen functional groups attached to an aromatic ring is 1. The van der Waals surface area contributed by atoms with Crippen LogP contribution in [0.25, 0.3) is 0 Å². The van der Waals surface area contributed by atoms with Crippen LogP contribution in [0.1, 0.15) is 44.6 Å². The van der Waals surface area contributed by atoms with Crippen molar-refractivity contribution >= 4 is 11.4 Å². The molecule has 0 spiro atoms. The maximum absolute atomic E-state index is 13.0. The van der Waals surface area contributed by atoms with Crippen molar-refractivity contribution in [1.82, 2.24) is 0 Å². The highest BCUT2D eigenvalue weighted by Crippen LogP contribution is 2.36. The minimum atomic E-state index is -4.38. The Kier molecular flexibility index (Phi) is 5.01. The number of benzene rings is 1. The van der Waals surface area contributed by atoms with E-state index in [2.05, 4.69) is 12.2 Å². The van der Waals surface area contributed by atoms with Gasteiger partial charge in [-0.1, -0.05) is 26.2 Å². The fraction of sp³-hybridized carbons (Fsp3) is 0.625. The summed E-state index contributed by atoms with van der Waals surface area (Å²) in [7, 11) is 0. The van der Waals surface area contributed by atoms with Crippen molar-refractivity contribution in [2.45, 2.75) is 45.2 Å². The molecule has 2 rings (SSSR count). The predicted octanol–water partition coefficient (Wildman–Crippen LogP) is 4.92. The van der Waals surface area contributed by atoms with Gasteiger partial charge in [0, 0.05) is 17.9 Å². The highest BCUT2D eigenvalue weighted by Gasteiger charge is 2.33. The average molecular weight is 300 g/mol. The molecular formula is C16H23F3N2. The summed E-state index contributed by atoms with van der Waals surface area (Å²) < 4.78 is 38.9. The quantitative estimate of drug-likeness (QED) is 0.775. The van der Waals surface area contributed by atoms with E-state index in [1.165, 1.54) is 37.8 Å². The third kappa shape index (κ3) is 4.55. The van der Waals surface area contributed by atoms with E-state index >= 15 is 0 Å². The van der Waals surface area contributed by atoms with Crippen LogP contribution in [0.15, 0.2) is 18.2 Å². The Morgan fingerprint density at radius 1 is 1.29 bits per heavy atom. The molecule has 1 fully saturated rings. The summed E-state index contributed by atoms with van der Waals surface area (Å²) in [6, 6.07) is 3.91. The second-order valence-corrected chi connectivity index (χ2v) is 6.16. The van der Waals surface area contributed by atoms with Crippen LogP contribution in [0.3, 0.4) is 0 Å². The van der Waals surface area contributed by atoms with Gasteiger partial charge in [-0.05, 0) is 42.9 Å². The predicted molar refractivity (Wildman–Crippen MR) is 80.1 cm³/mol. The maximum Gasteiger partial charge on any atom is 0.418 e. The Bertz CT molecular complexity index is 471. The molecule has 0 saturated heterocycles. The molecule has 1 aliphatic carbocycles. The first-order valence-electron chi connectivity index (χ1n) is 7.57. The second kappa shape index (κ2) is 6.58. The van der Waals surface area contributed by atoms with E-state index in [-0.39, 0.29) is 11.4 Å². The first-order valence-corrected chi connectivity index (χ1v) is 7.57. The molecule has 2 nitrogen and oxygen atoms in total. The largest absolute Gasteiger partial charge is 0.418 e. The van der Waals surface area contributed by atoms with Gasteiger partial charge in [0.05, 0.1) is 5.56 Å². The van der Waals surface area contributed by atoms with Crippen molar-refractivity contribution in [3.05, 3.63) is 23.8 Å². The molecule has 0 bridgehead atoms. The summed E-state index contributed by atoms with van der Waals surface area (Å²) >= 11 is 0. The number of nitrogens with two attached hydrogens (primary N) is 1. The summed E-state index contributed by atoms with van der Waals surface area (Å²) in [4.78, 5) is 0. The topological polar surface area (TPSA) is 38.0 Å². The first-order chi connectivity index (χ1) is 9.86. The van der Waals surface area contributed by atoms with Crippen LogP contribution in [0.4, 0.5) is 24.5 Å². The zero-order valence-electron chi connectivity index (χ0n) is 12.3. The summed E-state index contributed by atoms with van der Waals surface area (Å²) in [6.07, 6.45) is 1.44. The van der Waals surface area contributed by atoms with Gasteiger partial charge >= 0.3 is 6.18 Å². The number of alkyl halides is 3. The molecule has 0 amide bonds. The van der Waals surface area contributed by atoms with Gasteiger partial charge in [-0.3, -0.25) is 0 Å². The molecule has 5 heteroatoms. The van der Waals surface area contributed by atoms with Crippen molar-refractivity contribution < 1.29 is 13.2 Å². The van der Waals surface area contributed by atoms with Gasteiger partial charge in [0.25, 0.3) is 0 Å². The van der Waals surface area contributed by atoms with Crippen LogP contribution in [-0.2, 0) is 6.18 Å². The zero-order valence-corrected chi connectivity index (χ0v) is 12.3. The summed E-state index contributed by atoms with van der Waals surface area (Å²) in [6.45, 7) is 2.83. The second-order valence-electron chi connectivity index (χ2n) is 6.16. The van der Waals surface area contributed by atoms with Crippen LogP contribution in [0.5, 0.6) is 0 Å². The monoisotopic (exact) mass is 300 g/mol. The number of halogens is 3. The molecule has 1 aromatic carbocycles. The van der Waals surface area contributed by atoms with Gasteiger partial charge in [0.1, 0.15) is 0 Å². The Morgan fingerprint density at radius 2 is 2.05 bits per heavy atom. The molecule has 0 heterocycles. The fourth-order valence-corrected chi connectivity index (χ4v) is 3.18. The molecule has 21 heavy (non-hydrogen) atoms. The van der Waals surface area contributed by atoms with E-state index in [4.69, 9.17) is 5.73 Å². The summed E-state index contributed by atoms with van der Waals surface area (Å²) in [5, 5.41) is 2.93. The first kappa shape index (κ1) is 16.0. The van der Waals surface area contributed by atoms with E-state index in [1.54, 1.807) is 0 Å². The number of hydrogen-bond acceptors (Lipinski definition) is 2. The lowest BCUT2D eigenvalue weighted by atomic mass is 9.81. The molecule has 118 valence electrons.